The quantitative estimate of drug-likeness (QED) is 0.795. The van der Waals surface area contributed by atoms with E-state index in [-0.39, 0.29) is 11.6 Å². The highest BCUT2D eigenvalue weighted by Crippen LogP contribution is 2.45. The van der Waals surface area contributed by atoms with Gasteiger partial charge in [0, 0.05) is 12.1 Å². The molecule has 1 aromatic carbocycles. The first-order valence-electron chi connectivity index (χ1n) is 4.92. The van der Waals surface area contributed by atoms with Crippen LogP contribution in [0, 0.1) is 0 Å². The molecule has 0 aromatic heterocycles. The largest absolute Gasteiger partial charge is 0.341 e. The molecule has 1 aliphatic carbocycles. The third-order valence-corrected chi connectivity index (χ3v) is 2.94. The van der Waals surface area contributed by atoms with Crippen molar-refractivity contribution in [3.63, 3.8) is 0 Å². The molecule has 1 fully saturated rings. The van der Waals surface area contributed by atoms with Crippen molar-refractivity contribution in [3.8, 4) is 0 Å². The Kier molecular flexibility index (Phi) is 2.57. The molecular formula is C11H13ClN2O. The Morgan fingerprint density at radius 1 is 1.47 bits per heavy atom. The number of urea groups is 1. The Morgan fingerprint density at radius 2 is 2.20 bits per heavy atom. The lowest BCUT2D eigenvalue weighted by Crippen LogP contribution is -2.40. The molecule has 0 aliphatic heterocycles. The lowest BCUT2D eigenvalue weighted by molar-refractivity contribution is 0.238. The molecule has 1 aliphatic rings. The summed E-state index contributed by atoms with van der Waals surface area (Å²) >= 11 is 5.92. The molecule has 0 heterocycles. The standard InChI is InChI=1S/C11H13ClN2O/c1-13-10(15)14-11(5-6-11)8-3-2-4-9(12)7-8/h2-4,7H,5-6H2,1H3,(H2,13,14,15). The molecule has 1 saturated carbocycles. The molecule has 0 unspecified atom stereocenters. The van der Waals surface area contributed by atoms with Crippen molar-refractivity contribution in [2.45, 2.75) is 18.4 Å². The van der Waals surface area contributed by atoms with Gasteiger partial charge in [-0.05, 0) is 30.5 Å². The van der Waals surface area contributed by atoms with Crippen LogP contribution in [0.25, 0.3) is 0 Å². The molecule has 3 nitrogen and oxygen atoms in total. The molecule has 0 bridgehead atoms. The predicted octanol–water partition coefficient (Wildman–Crippen LogP) is 2.26. The number of hydrogen-bond acceptors (Lipinski definition) is 1. The molecule has 0 radical (unpaired) electrons. The van der Waals surface area contributed by atoms with Crippen molar-refractivity contribution >= 4 is 17.6 Å². The van der Waals surface area contributed by atoms with Crippen LogP contribution < -0.4 is 10.6 Å². The molecule has 80 valence electrons. The van der Waals surface area contributed by atoms with E-state index in [2.05, 4.69) is 10.6 Å². The van der Waals surface area contributed by atoms with Crippen LogP contribution in [0.15, 0.2) is 24.3 Å². The van der Waals surface area contributed by atoms with Gasteiger partial charge in [-0.1, -0.05) is 23.7 Å². The molecule has 0 saturated heterocycles. The first kappa shape index (κ1) is 10.3. The number of carbonyl (C=O) groups excluding carboxylic acids is 1. The van der Waals surface area contributed by atoms with Crippen LogP contribution in [-0.4, -0.2) is 13.1 Å². The number of hydrogen-bond donors (Lipinski definition) is 2. The van der Waals surface area contributed by atoms with E-state index in [9.17, 15) is 4.79 Å². The zero-order valence-corrected chi connectivity index (χ0v) is 9.27. The highest BCUT2D eigenvalue weighted by Gasteiger charge is 2.45. The van der Waals surface area contributed by atoms with Crippen molar-refractivity contribution in [3.05, 3.63) is 34.9 Å². The fraction of sp³-hybridized carbons (Fsp3) is 0.364. The van der Waals surface area contributed by atoms with Crippen LogP contribution in [0.3, 0.4) is 0 Å². The smallest absolute Gasteiger partial charge is 0.315 e. The zero-order valence-electron chi connectivity index (χ0n) is 8.51. The van der Waals surface area contributed by atoms with E-state index in [0.29, 0.717) is 5.02 Å². The minimum Gasteiger partial charge on any atom is -0.341 e. The maximum absolute atomic E-state index is 11.3. The molecule has 1 aromatic rings. The van der Waals surface area contributed by atoms with E-state index >= 15 is 0 Å². The fourth-order valence-electron chi connectivity index (χ4n) is 1.68. The third kappa shape index (κ3) is 2.07. The summed E-state index contributed by atoms with van der Waals surface area (Å²) in [5, 5.41) is 6.22. The van der Waals surface area contributed by atoms with Gasteiger partial charge in [-0.3, -0.25) is 0 Å². The lowest BCUT2D eigenvalue weighted by Gasteiger charge is -2.17. The average molecular weight is 225 g/mol. The van der Waals surface area contributed by atoms with Gasteiger partial charge in [0.2, 0.25) is 0 Å². The topological polar surface area (TPSA) is 41.1 Å². The summed E-state index contributed by atoms with van der Waals surface area (Å²) in [7, 11) is 1.61. The highest BCUT2D eigenvalue weighted by molar-refractivity contribution is 6.30. The monoisotopic (exact) mass is 224 g/mol. The summed E-state index contributed by atoms with van der Waals surface area (Å²) in [4.78, 5) is 11.3. The number of rotatable bonds is 2. The molecule has 15 heavy (non-hydrogen) atoms. The van der Waals surface area contributed by atoms with Crippen LogP contribution in [-0.2, 0) is 5.54 Å². The molecule has 2 amide bonds. The number of amides is 2. The van der Waals surface area contributed by atoms with Gasteiger partial charge in [-0.15, -0.1) is 0 Å². The lowest BCUT2D eigenvalue weighted by atomic mass is 10.1. The fourth-order valence-corrected chi connectivity index (χ4v) is 1.87. The van der Waals surface area contributed by atoms with E-state index in [1.54, 1.807) is 7.05 Å². The minimum absolute atomic E-state index is 0.146. The van der Waals surface area contributed by atoms with Crippen LogP contribution in [0.4, 0.5) is 4.79 Å². The predicted molar refractivity (Wildman–Crippen MR) is 60.0 cm³/mol. The molecule has 2 rings (SSSR count). The maximum atomic E-state index is 11.3. The second-order valence-corrected chi connectivity index (χ2v) is 4.23. The second-order valence-electron chi connectivity index (χ2n) is 3.80. The molecule has 0 atom stereocenters. The average Bonchev–Trinajstić information content (AvgIpc) is 2.99. The Balaban J connectivity index is 2.19. The van der Waals surface area contributed by atoms with Crippen molar-refractivity contribution in [1.82, 2.24) is 10.6 Å². The van der Waals surface area contributed by atoms with Crippen molar-refractivity contribution in [2.24, 2.45) is 0 Å². The van der Waals surface area contributed by atoms with Gasteiger partial charge >= 0.3 is 6.03 Å². The van der Waals surface area contributed by atoms with E-state index < -0.39 is 0 Å². The Morgan fingerprint density at radius 3 is 2.73 bits per heavy atom. The Bertz CT molecular complexity index is 388. The van der Waals surface area contributed by atoms with Crippen molar-refractivity contribution in [2.75, 3.05) is 7.05 Å². The number of nitrogens with one attached hydrogen (secondary N) is 2. The van der Waals surface area contributed by atoms with Crippen LogP contribution >= 0.6 is 11.6 Å². The normalized spacial score (nSPS) is 16.9. The Hall–Kier alpha value is -1.22. The first-order valence-corrected chi connectivity index (χ1v) is 5.30. The summed E-state index contributed by atoms with van der Waals surface area (Å²) in [5.74, 6) is 0. The number of carbonyl (C=O) groups is 1. The third-order valence-electron chi connectivity index (χ3n) is 2.71. The van der Waals surface area contributed by atoms with Crippen molar-refractivity contribution < 1.29 is 4.79 Å². The summed E-state index contributed by atoms with van der Waals surface area (Å²) < 4.78 is 0. The minimum atomic E-state index is -0.189. The summed E-state index contributed by atoms with van der Waals surface area (Å²) in [5.41, 5.74) is 0.893. The maximum Gasteiger partial charge on any atom is 0.315 e. The van der Waals surface area contributed by atoms with Gasteiger partial charge in [-0.25, -0.2) is 4.79 Å². The van der Waals surface area contributed by atoms with Gasteiger partial charge < -0.3 is 10.6 Å². The van der Waals surface area contributed by atoms with Gasteiger partial charge in [0.1, 0.15) is 0 Å². The summed E-state index contributed by atoms with van der Waals surface area (Å²) in [6, 6.07) is 7.50. The summed E-state index contributed by atoms with van der Waals surface area (Å²) in [6.07, 6.45) is 1.95. The molecule has 0 spiro atoms. The zero-order chi connectivity index (χ0) is 10.9. The van der Waals surface area contributed by atoms with Crippen LogP contribution in [0.1, 0.15) is 18.4 Å². The summed E-state index contributed by atoms with van der Waals surface area (Å²) in [6.45, 7) is 0. The molecule has 2 N–H and O–H groups in total. The van der Waals surface area contributed by atoms with E-state index in [4.69, 9.17) is 11.6 Å². The Labute approximate surface area is 93.8 Å². The SMILES string of the molecule is CNC(=O)NC1(c2cccc(Cl)c2)CC1. The van der Waals surface area contributed by atoms with E-state index in [0.717, 1.165) is 18.4 Å². The van der Waals surface area contributed by atoms with Gasteiger partial charge in [0.05, 0.1) is 5.54 Å². The second kappa shape index (κ2) is 3.74. The van der Waals surface area contributed by atoms with Crippen LogP contribution in [0.2, 0.25) is 5.02 Å². The van der Waals surface area contributed by atoms with E-state index in [1.165, 1.54) is 0 Å². The van der Waals surface area contributed by atoms with E-state index in [1.807, 2.05) is 24.3 Å². The molecule has 4 heteroatoms. The highest BCUT2D eigenvalue weighted by atomic mass is 35.5. The first-order chi connectivity index (χ1) is 7.16. The van der Waals surface area contributed by atoms with Crippen LogP contribution in [0.5, 0.6) is 0 Å². The van der Waals surface area contributed by atoms with Gasteiger partial charge in [0.15, 0.2) is 0 Å². The van der Waals surface area contributed by atoms with Gasteiger partial charge in [0.25, 0.3) is 0 Å². The number of halogens is 1. The number of benzene rings is 1. The molecular weight excluding hydrogens is 212 g/mol. The van der Waals surface area contributed by atoms with Crippen molar-refractivity contribution in [1.29, 1.82) is 0 Å². The van der Waals surface area contributed by atoms with Gasteiger partial charge in [-0.2, -0.15) is 0 Å².